The molecule has 0 aliphatic heterocycles. The lowest BCUT2D eigenvalue weighted by molar-refractivity contribution is 0.494. The largest absolute Gasteiger partial charge is 0.0619 e. The summed E-state index contributed by atoms with van der Waals surface area (Å²) >= 11 is 0. The van der Waals surface area contributed by atoms with Gasteiger partial charge in [-0.15, -0.1) is 0 Å². The Bertz CT molecular complexity index is 1100. The SMILES string of the molecule is CC1=C(C(C)(C)C)CC(c2c3c(c4c(c2C(C)(C)C)-c2ccccc2[CH]4)CC3)=C1. The molecule has 2 aromatic carbocycles. The summed E-state index contributed by atoms with van der Waals surface area (Å²) in [6.45, 7) is 16.6. The van der Waals surface area contributed by atoms with Crippen LogP contribution in [0, 0.1) is 11.8 Å². The minimum absolute atomic E-state index is 0.106. The first-order chi connectivity index (χ1) is 13.6. The van der Waals surface area contributed by atoms with E-state index in [9.17, 15) is 0 Å². The molecule has 0 heteroatoms. The van der Waals surface area contributed by atoms with Crippen molar-refractivity contribution in [2.75, 3.05) is 0 Å². The maximum Gasteiger partial charge on any atom is 0.0214 e. The molecule has 0 fully saturated rings. The van der Waals surface area contributed by atoms with Crippen molar-refractivity contribution in [1.82, 2.24) is 0 Å². The van der Waals surface area contributed by atoms with Gasteiger partial charge >= 0.3 is 0 Å². The van der Waals surface area contributed by atoms with Crippen molar-refractivity contribution >= 4 is 5.57 Å². The highest BCUT2D eigenvalue weighted by atomic mass is 14.4. The molecule has 3 aliphatic carbocycles. The Balaban J connectivity index is 1.78. The van der Waals surface area contributed by atoms with Gasteiger partial charge in [-0.3, -0.25) is 0 Å². The Kier molecular flexibility index (Phi) is 3.90. The number of fused-ring (bicyclic) bond motifs is 5. The van der Waals surface area contributed by atoms with Gasteiger partial charge in [0, 0.05) is 6.42 Å². The van der Waals surface area contributed by atoms with E-state index in [4.69, 9.17) is 0 Å². The molecule has 0 nitrogen and oxygen atoms in total. The lowest BCUT2D eigenvalue weighted by atomic mass is 9.68. The van der Waals surface area contributed by atoms with Gasteiger partial charge in [-0.2, -0.15) is 0 Å². The first-order valence-electron chi connectivity index (χ1n) is 11.1. The summed E-state index contributed by atoms with van der Waals surface area (Å²) in [6.07, 6.45) is 8.52. The van der Waals surface area contributed by atoms with Gasteiger partial charge in [-0.05, 0) is 87.1 Å². The molecule has 3 aliphatic rings. The van der Waals surface area contributed by atoms with Crippen molar-refractivity contribution in [3.63, 3.8) is 0 Å². The van der Waals surface area contributed by atoms with E-state index < -0.39 is 0 Å². The average Bonchev–Trinajstić information content (AvgIpc) is 3.13. The van der Waals surface area contributed by atoms with E-state index in [1.807, 2.05) is 0 Å². The van der Waals surface area contributed by atoms with Crippen LogP contribution in [0.4, 0.5) is 0 Å². The van der Waals surface area contributed by atoms with Crippen LogP contribution in [0.25, 0.3) is 16.7 Å². The number of allylic oxidation sites excluding steroid dienone is 4. The molecule has 0 heterocycles. The number of rotatable bonds is 1. The number of benzene rings is 2. The van der Waals surface area contributed by atoms with Crippen LogP contribution in [-0.4, -0.2) is 0 Å². The van der Waals surface area contributed by atoms with E-state index in [-0.39, 0.29) is 10.8 Å². The zero-order valence-corrected chi connectivity index (χ0v) is 19.1. The first kappa shape index (κ1) is 18.9. The molecule has 5 rings (SSSR count). The van der Waals surface area contributed by atoms with Crippen molar-refractivity contribution in [2.45, 2.75) is 73.1 Å². The van der Waals surface area contributed by atoms with Crippen molar-refractivity contribution in [3.05, 3.63) is 81.3 Å². The Morgan fingerprint density at radius 2 is 1.48 bits per heavy atom. The van der Waals surface area contributed by atoms with E-state index in [2.05, 4.69) is 85.2 Å². The highest BCUT2D eigenvalue weighted by Crippen LogP contribution is 2.54. The number of hydrogen-bond acceptors (Lipinski definition) is 0. The zero-order valence-electron chi connectivity index (χ0n) is 19.1. The normalized spacial score (nSPS) is 17.7. The van der Waals surface area contributed by atoms with Crippen LogP contribution in [-0.2, 0) is 18.3 Å². The van der Waals surface area contributed by atoms with Crippen LogP contribution in [0.5, 0.6) is 0 Å². The molecule has 29 heavy (non-hydrogen) atoms. The van der Waals surface area contributed by atoms with Gasteiger partial charge in [-0.1, -0.05) is 83.0 Å². The Morgan fingerprint density at radius 1 is 0.793 bits per heavy atom. The minimum Gasteiger partial charge on any atom is -0.0619 e. The van der Waals surface area contributed by atoms with Gasteiger partial charge in [0.1, 0.15) is 0 Å². The highest BCUT2D eigenvalue weighted by molar-refractivity contribution is 5.93. The summed E-state index contributed by atoms with van der Waals surface area (Å²) in [5, 5.41) is 0. The third kappa shape index (κ3) is 2.71. The van der Waals surface area contributed by atoms with Gasteiger partial charge in [0.2, 0.25) is 0 Å². The molecule has 0 saturated heterocycles. The Morgan fingerprint density at radius 3 is 2.07 bits per heavy atom. The van der Waals surface area contributed by atoms with Gasteiger partial charge < -0.3 is 0 Å². The van der Waals surface area contributed by atoms with E-state index in [0.29, 0.717) is 0 Å². The van der Waals surface area contributed by atoms with Crippen LogP contribution >= 0.6 is 0 Å². The molecule has 0 aromatic heterocycles. The van der Waals surface area contributed by atoms with E-state index in [1.165, 1.54) is 40.7 Å². The summed E-state index contributed by atoms with van der Waals surface area (Å²) in [4.78, 5) is 0. The summed E-state index contributed by atoms with van der Waals surface area (Å²) < 4.78 is 0. The second-order valence-electron chi connectivity index (χ2n) is 11.2. The monoisotopic (exact) mass is 381 g/mol. The van der Waals surface area contributed by atoms with Crippen LogP contribution < -0.4 is 0 Å². The molecule has 0 amide bonds. The minimum atomic E-state index is 0.106. The van der Waals surface area contributed by atoms with Crippen LogP contribution in [0.2, 0.25) is 0 Å². The van der Waals surface area contributed by atoms with Crippen LogP contribution in [0.1, 0.15) is 88.3 Å². The van der Waals surface area contributed by atoms with Crippen LogP contribution in [0.15, 0.2) is 41.5 Å². The number of hydrogen-bond donors (Lipinski definition) is 0. The molecule has 2 aromatic rings. The third-order valence-corrected chi connectivity index (χ3v) is 7.13. The summed E-state index contributed by atoms with van der Waals surface area (Å²) in [5.74, 6) is 0. The van der Waals surface area contributed by atoms with Crippen molar-refractivity contribution in [3.8, 4) is 11.1 Å². The van der Waals surface area contributed by atoms with Gasteiger partial charge in [0.25, 0.3) is 0 Å². The maximum atomic E-state index is 2.50. The third-order valence-electron chi connectivity index (χ3n) is 7.13. The highest BCUT2D eigenvalue weighted by Gasteiger charge is 2.38. The topological polar surface area (TPSA) is 0 Å². The Hall–Kier alpha value is -2.08. The molecule has 0 unspecified atom stereocenters. The lowest BCUT2D eigenvalue weighted by Crippen LogP contribution is -2.23. The first-order valence-corrected chi connectivity index (χ1v) is 11.1. The summed E-state index contributed by atoms with van der Waals surface area (Å²) in [5.41, 5.74) is 17.2. The van der Waals surface area contributed by atoms with E-state index in [0.717, 1.165) is 6.42 Å². The fourth-order valence-electron chi connectivity index (χ4n) is 5.81. The summed E-state index contributed by atoms with van der Waals surface area (Å²) in [7, 11) is 0. The van der Waals surface area contributed by atoms with Crippen molar-refractivity contribution < 1.29 is 0 Å². The molecule has 0 bridgehead atoms. The molecular formula is C29H33. The molecule has 0 saturated carbocycles. The smallest absolute Gasteiger partial charge is 0.0214 e. The van der Waals surface area contributed by atoms with Crippen LogP contribution in [0.3, 0.4) is 0 Å². The molecular weight excluding hydrogens is 348 g/mol. The molecule has 149 valence electrons. The average molecular weight is 382 g/mol. The fourth-order valence-corrected chi connectivity index (χ4v) is 5.81. The fraction of sp³-hybridized carbons (Fsp3) is 0.414. The van der Waals surface area contributed by atoms with Gasteiger partial charge in [0.05, 0.1) is 0 Å². The quantitative estimate of drug-likeness (QED) is 0.403. The second kappa shape index (κ2) is 5.97. The zero-order chi connectivity index (χ0) is 20.7. The van der Waals surface area contributed by atoms with E-state index >= 15 is 0 Å². The van der Waals surface area contributed by atoms with Gasteiger partial charge in [0.15, 0.2) is 0 Å². The predicted octanol–water partition coefficient (Wildman–Crippen LogP) is 7.81. The lowest BCUT2D eigenvalue weighted by Gasteiger charge is -2.36. The molecule has 0 atom stereocenters. The Labute approximate surface area is 176 Å². The van der Waals surface area contributed by atoms with Crippen molar-refractivity contribution in [2.24, 2.45) is 5.41 Å². The van der Waals surface area contributed by atoms with E-state index in [1.54, 1.807) is 33.4 Å². The standard InChI is InChI=1S/C29H33/c1-17-14-19(16-24(17)28(2,3)4)25-22-13-12-21(22)23-15-18-10-8-9-11-20(18)26(23)27(25)29(5,6)7/h8-11,14-15H,12-13,16H2,1-7H3. The summed E-state index contributed by atoms with van der Waals surface area (Å²) in [6, 6.07) is 8.98. The second-order valence-corrected chi connectivity index (χ2v) is 11.2. The molecule has 1 radical (unpaired) electrons. The van der Waals surface area contributed by atoms with Crippen molar-refractivity contribution in [1.29, 1.82) is 0 Å². The molecule has 0 spiro atoms. The van der Waals surface area contributed by atoms with Gasteiger partial charge in [-0.25, -0.2) is 0 Å². The molecule has 0 N–H and O–H groups in total. The predicted molar refractivity (Wildman–Crippen MR) is 125 cm³/mol. The maximum absolute atomic E-state index is 2.50.